The fraction of sp³-hybridized carbons (Fsp3) is 1.00. The average molecular weight is 220 g/mol. The van der Waals surface area contributed by atoms with Crippen LogP contribution in [0, 0.1) is 5.41 Å². The molecular formula is C9H20N2O2S. The SMILES string of the molecule is CCC1(CC)CC(N(C)S(N)(=O)=O)C1. The quantitative estimate of drug-likeness (QED) is 0.771. The Morgan fingerprint density at radius 3 is 2.07 bits per heavy atom. The molecule has 5 heteroatoms. The summed E-state index contributed by atoms with van der Waals surface area (Å²) in [5.74, 6) is 0. The third kappa shape index (κ3) is 2.10. The lowest BCUT2D eigenvalue weighted by atomic mass is 9.62. The van der Waals surface area contributed by atoms with E-state index in [-0.39, 0.29) is 6.04 Å². The third-order valence-electron chi connectivity index (χ3n) is 3.75. The molecule has 0 aliphatic heterocycles. The van der Waals surface area contributed by atoms with E-state index < -0.39 is 10.2 Å². The van der Waals surface area contributed by atoms with Crippen molar-refractivity contribution >= 4 is 10.2 Å². The van der Waals surface area contributed by atoms with E-state index in [0.717, 1.165) is 25.7 Å². The zero-order valence-corrected chi connectivity index (χ0v) is 9.97. The highest BCUT2D eigenvalue weighted by Crippen LogP contribution is 2.48. The molecule has 0 spiro atoms. The van der Waals surface area contributed by atoms with Gasteiger partial charge in [-0.1, -0.05) is 26.7 Å². The Kier molecular flexibility index (Phi) is 3.23. The normalized spacial score (nSPS) is 22.4. The van der Waals surface area contributed by atoms with Crippen LogP contribution < -0.4 is 5.14 Å². The Morgan fingerprint density at radius 1 is 1.36 bits per heavy atom. The van der Waals surface area contributed by atoms with E-state index >= 15 is 0 Å². The first kappa shape index (κ1) is 11.9. The predicted molar refractivity (Wildman–Crippen MR) is 56.9 cm³/mol. The fourth-order valence-electron chi connectivity index (χ4n) is 2.23. The highest BCUT2D eigenvalue weighted by molar-refractivity contribution is 7.86. The van der Waals surface area contributed by atoms with Gasteiger partial charge in [0.2, 0.25) is 0 Å². The van der Waals surface area contributed by atoms with Gasteiger partial charge in [0.25, 0.3) is 10.2 Å². The van der Waals surface area contributed by atoms with Crippen LogP contribution >= 0.6 is 0 Å². The first-order valence-corrected chi connectivity index (χ1v) is 6.61. The van der Waals surface area contributed by atoms with Crippen LogP contribution in [-0.4, -0.2) is 25.8 Å². The average Bonchev–Trinajstić information content (AvgIpc) is 2.02. The summed E-state index contributed by atoms with van der Waals surface area (Å²) in [5, 5.41) is 5.06. The molecule has 1 rings (SSSR count). The Morgan fingerprint density at radius 2 is 1.79 bits per heavy atom. The molecule has 0 amide bonds. The van der Waals surface area contributed by atoms with Crippen LogP contribution in [0.3, 0.4) is 0 Å². The molecule has 0 aromatic rings. The Balaban J connectivity index is 2.57. The maximum Gasteiger partial charge on any atom is 0.276 e. The molecule has 1 aliphatic carbocycles. The highest BCUT2D eigenvalue weighted by Gasteiger charge is 2.45. The molecule has 1 saturated carbocycles. The molecule has 0 bridgehead atoms. The molecule has 4 nitrogen and oxygen atoms in total. The van der Waals surface area contributed by atoms with Crippen LogP contribution in [-0.2, 0) is 10.2 Å². The van der Waals surface area contributed by atoms with Crippen molar-refractivity contribution in [1.82, 2.24) is 4.31 Å². The lowest BCUT2D eigenvalue weighted by Crippen LogP contribution is -2.52. The van der Waals surface area contributed by atoms with Crippen molar-refractivity contribution in [3.8, 4) is 0 Å². The van der Waals surface area contributed by atoms with E-state index in [1.54, 1.807) is 7.05 Å². The second-order valence-electron chi connectivity index (χ2n) is 4.33. The summed E-state index contributed by atoms with van der Waals surface area (Å²) < 4.78 is 23.4. The minimum Gasteiger partial charge on any atom is -0.216 e. The Hall–Kier alpha value is -0.130. The molecule has 0 unspecified atom stereocenters. The van der Waals surface area contributed by atoms with Crippen LogP contribution in [0.4, 0.5) is 0 Å². The van der Waals surface area contributed by atoms with Crippen molar-refractivity contribution in [2.45, 2.75) is 45.6 Å². The summed E-state index contributed by atoms with van der Waals surface area (Å²) in [5.41, 5.74) is 0.365. The number of nitrogens with zero attached hydrogens (tertiary/aromatic N) is 1. The van der Waals surface area contributed by atoms with Gasteiger partial charge < -0.3 is 0 Å². The summed E-state index contributed by atoms with van der Waals surface area (Å²) in [7, 11) is -1.93. The topological polar surface area (TPSA) is 63.4 Å². The van der Waals surface area contributed by atoms with Gasteiger partial charge in [-0.2, -0.15) is 12.7 Å². The third-order valence-corrected chi connectivity index (χ3v) is 4.85. The lowest BCUT2D eigenvalue weighted by Gasteiger charge is -2.49. The van der Waals surface area contributed by atoms with Crippen molar-refractivity contribution in [3.05, 3.63) is 0 Å². The molecular weight excluding hydrogens is 200 g/mol. The van der Waals surface area contributed by atoms with Gasteiger partial charge in [-0.05, 0) is 18.3 Å². The van der Waals surface area contributed by atoms with Gasteiger partial charge in [-0.15, -0.1) is 0 Å². The second-order valence-corrected chi connectivity index (χ2v) is 5.94. The first-order chi connectivity index (χ1) is 6.34. The molecule has 0 heterocycles. The largest absolute Gasteiger partial charge is 0.276 e. The molecule has 1 aliphatic rings. The molecule has 0 aromatic heterocycles. The summed E-state index contributed by atoms with van der Waals surface area (Å²) in [4.78, 5) is 0. The van der Waals surface area contributed by atoms with Gasteiger partial charge in [-0.3, -0.25) is 0 Å². The van der Waals surface area contributed by atoms with Crippen molar-refractivity contribution in [3.63, 3.8) is 0 Å². The smallest absolute Gasteiger partial charge is 0.216 e. The fourth-order valence-corrected chi connectivity index (χ4v) is 2.80. The first-order valence-electron chi connectivity index (χ1n) is 5.10. The van der Waals surface area contributed by atoms with Crippen LogP contribution in [0.1, 0.15) is 39.5 Å². The van der Waals surface area contributed by atoms with E-state index in [0.29, 0.717) is 5.41 Å². The van der Waals surface area contributed by atoms with Crippen molar-refractivity contribution < 1.29 is 8.42 Å². The molecule has 1 fully saturated rings. The van der Waals surface area contributed by atoms with Gasteiger partial charge in [0.15, 0.2) is 0 Å². The van der Waals surface area contributed by atoms with Crippen LogP contribution in [0.5, 0.6) is 0 Å². The van der Waals surface area contributed by atoms with E-state index in [2.05, 4.69) is 13.8 Å². The van der Waals surface area contributed by atoms with Gasteiger partial charge >= 0.3 is 0 Å². The second kappa shape index (κ2) is 3.79. The summed E-state index contributed by atoms with van der Waals surface area (Å²) in [6, 6.07) is 0.116. The van der Waals surface area contributed by atoms with Crippen molar-refractivity contribution in [1.29, 1.82) is 0 Å². The number of hydrogen-bond acceptors (Lipinski definition) is 2. The van der Waals surface area contributed by atoms with E-state index in [4.69, 9.17) is 5.14 Å². The minimum atomic E-state index is -3.50. The van der Waals surface area contributed by atoms with Gasteiger partial charge in [-0.25, -0.2) is 5.14 Å². The predicted octanol–water partition coefficient (Wildman–Crippen LogP) is 1.09. The maximum absolute atomic E-state index is 11.1. The molecule has 0 aromatic carbocycles. The monoisotopic (exact) mass is 220 g/mol. The van der Waals surface area contributed by atoms with Crippen molar-refractivity contribution in [2.24, 2.45) is 10.6 Å². The van der Waals surface area contributed by atoms with Gasteiger partial charge in [0.05, 0.1) is 0 Å². The van der Waals surface area contributed by atoms with Gasteiger partial charge in [0.1, 0.15) is 0 Å². The standard InChI is InChI=1S/C9H20N2O2S/c1-4-9(5-2)6-8(7-9)11(3)14(10,12)13/h8H,4-7H2,1-3H3,(H2,10,12,13). The van der Waals surface area contributed by atoms with Crippen LogP contribution in [0.15, 0.2) is 0 Å². The number of rotatable bonds is 4. The van der Waals surface area contributed by atoms with Gasteiger partial charge in [0, 0.05) is 13.1 Å². The minimum absolute atomic E-state index is 0.116. The maximum atomic E-state index is 11.1. The number of hydrogen-bond donors (Lipinski definition) is 1. The zero-order chi connectivity index (χ0) is 11.0. The zero-order valence-electron chi connectivity index (χ0n) is 9.16. The van der Waals surface area contributed by atoms with E-state index in [9.17, 15) is 8.42 Å². The Labute approximate surface area is 86.6 Å². The summed E-state index contributed by atoms with van der Waals surface area (Å²) in [6.07, 6.45) is 4.15. The summed E-state index contributed by atoms with van der Waals surface area (Å²) >= 11 is 0. The summed E-state index contributed by atoms with van der Waals surface area (Å²) in [6.45, 7) is 4.33. The van der Waals surface area contributed by atoms with Crippen molar-refractivity contribution in [2.75, 3.05) is 7.05 Å². The Bertz CT molecular complexity index is 288. The molecule has 0 saturated heterocycles. The number of nitrogens with two attached hydrogens (primary N) is 1. The van der Waals surface area contributed by atoms with E-state index in [1.807, 2.05) is 0 Å². The molecule has 0 radical (unpaired) electrons. The lowest BCUT2D eigenvalue weighted by molar-refractivity contribution is 0.0408. The van der Waals surface area contributed by atoms with E-state index in [1.165, 1.54) is 4.31 Å². The molecule has 84 valence electrons. The molecule has 2 N–H and O–H groups in total. The van der Waals surface area contributed by atoms with Crippen LogP contribution in [0.2, 0.25) is 0 Å². The van der Waals surface area contributed by atoms with Crippen LogP contribution in [0.25, 0.3) is 0 Å². The molecule has 0 atom stereocenters. The highest BCUT2D eigenvalue weighted by atomic mass is 32.2. The molecule has 14 heavy (non-hydrogen) atoms.